The van der Waals surface area contributed by atoms with Gasteiger partial charge in [-0.05, 0) is 56.0 Å². The van der Waals surface area contributed by atoms with Crippen molar-refractivity contribution in [1.29, 1.82) is 0 Å². The van der Waals surface area contributed by atoms with Crippen LogP contribution in [0.4, 0.5) is 11.4 Å². The Morgan fingerprint density at radius 2 is 1.88 bits per heavy atom. The van der Waals surface area contributed by atoms with Crippen molar-refractivity contribution in [2.45, 2.75) is 32.8 Å². The maximum Gasteiger partial charge on any atom is 0.253 e. The van der Waals surface area contributed by atoms with Gasteiger partial charge >= 0.3 is 0 Å². The number of anilines is 2. The lowest BCUT2D eigenvalue weighted by Gasteiger charge is -2.24. The zero-order chi connectivity index (χ0) is 23.3. The number of nitrogens with one attached hydrogen (secondary N) is 2. The number of amides is 2. The second kappa shape index (κ2) is 10.1. The van der Waals surface area contributed by atoms with Gasteiger partial charge in [0.2, 0.25) is 15.9 Å². The van der Waals surface area contributed by atoms with Crippen LogP contribution < -0.4 is 14.9 Å². The Bertz CT molecular complexity index is 1090. The number of carbonyl (C=O) groups is 2. The summed E-state index contributed by atoms with van der Waals surface area (Å²) in [6.45, 7) is 4.38. The molecule has 2 N–H and O–H groups in total. The molecule has 1 saturated heterocycles. The first kappa shape index (κ1) is 23.7. The van der Waals surface area contributed by atoms with E-state index < -0.39 is 22.5 Å². The molecular formula is C23H29N3O5S. The summed E-state index contributed by atoms with van der Waals surface area (Å²) >= 11 is 0. The van der Waals surface area contributed by atoms with Crippen LogP contribution in [0, 0.1) is 13.8 Å². The zero-order valence-corrected chi connectivity index (χ0v) is 19.4. The van der Waals surface area contributed by atoms with Gasteiger partial charge in [0, 0.05) is 13.2 Å². The fourth-order valence-electron chi connectivity index (χ4n) is 3.60. The Balaban J connectivity index is 1.74. The summed E-state index contributed by atoms with van der Waals surface area (Å²) in [7, 11) is -3.71. The van der Waals surface area contributed by atoms with Crippen LogP contribution in [0.1, 0.15) is 34.3 Å². The molecule has 1 heterocycles. The highest BCUT2D eigenvalue weighted by molar-refractivity contribution is 7.92. The van der Waals surface area contributed by atoms with E-state index in [1.807, 2.05) is 19.9 Å². The molecule has 2 aromatic rings. The Kier molecular flexibility index (Phi) is 7.52. The quantitative estimate of drug-likeness (QED) is 0.631. The third-order valence-electron chi connectivity index (χ3n) is 5.49. The van der Waals surface area contributed by atoms with E-state index in [1.54, 1.807) is 36.4 Å². The maximum absolute atomic E-state index is 12.8. The number of para-hydroxylation sites is 1. The molecular weight excluding hydrogens is 430 g/mol. The third-order valence-corrected chi connectivity index (χ3v) is 6.62. The average Bonchev–Trinajstić information content (AvgIpc) is 3.26. The first-order valence-corrected chi connectivity index (χ1v) is 12.3. The summed E-state index contributed by atoms with van der Waals surface area (Å²) in [5, 5.41) is 5.53. The van der Waals surface area contributed by atoms with Crippen LogP contribution in [-0.2, 0) is 19.6 Å². The van der Waals surface area contributed by atoms with Crippen molar-refractivity contribution in [2.75, 3.05) is 35.6 Å². The van der Waals surface area contributed by atoms with E-state index in [0.29, 0.717) is 30.1 Å². The number of carbonyl (C=O) groups excluding carboxylic acids is 2. The summed E-state index contributed by atoms with van der Waals surface area (Å²) in [4.78, 5) is 25.5. The van der Waals surface area contributed by atoms with E-state index in [1.165, 1.54) is 0 Å². The molecule has 0 aliphatic carbocycles. The largest absolute Gasteiger partial charge is 0.376 e. The van der Waals surface area contributed by atoms with Crippen LogP contribution in [0.2, 0.25) is 0 Å². The SMILES string of the molecule is Cc1cccc(N(CC(=O)Nc2ccccc2C(=O)NC[C@@H]2CCCO2)S(C)(=O)=O)c1C. The van der Waals surface area contributed by atoms with E-state index in [2.05, 4.69) is 10.6 Å². The van der Waals surface area contributed by atoms with Gasteiger partial charge in [0.1, 0.15) is 6.54 Å². The fraction of sp³-hybridized carbons (Fsp3) is 0.391. The summed E-state index contributed by atoms with van der Waals surface area (Å²) in [6.07, 6.45) is 2.94. The molecule has 1 aliphatic heterocycles. The van der Waals surface area contributed by atoms with E-state index in [4.69, 9.17) is 4.74 Å². The molecule has 172 valence electrons. The molecule has 1 fully saturated rings. The normalized spacial score (nSPS) is 15.9. The highest BCUT2D eigenvalue weighted by Crippen LogP contribution is 2.25. The summed E-state index contributed by atoms with van der Waals surface area (Å²) < 4.78 is 31.5. The number of hydrogen-bond donors (Lipinski definition) is 2. The van der Waals surface area contributed by atoms with Gasteiger partial charge in [-0.15, -0.1) is 0 Å². The van der Waals surface area contributed by atoms with Crippen molar-refractivity contribution in [3.63, 3.8) is 0 Å². The van der Waals surface area contributed by atoms with Gasteiger partial charge in [0.15, 0.2) is 0 Å². The van der Waals surface area contributed by atoms with Gasteiger partial charge < -0.3 is 15.4 Å². The highest BCUT2D eigenvalue weighted by Gasteiger charge is 2.24. The molecule has 2 aromatic carbocycles. The molecule has 3 rings (SSSR count). The zero-order valence-electron chi connectivity index (χ0n) is 18.6. The van der Waals surface area contributed by atoms with Crippen molar-refractivity contribution >= 4 is 33.2 Å². The number of sulfonamides is 1. The summed E-state index contributed by atoms with van der Waals surface area (Å²) in [5.74, 6) is -0.874. The molecule has 2 amide bonds. The Morgan fingerprint density at radius 3 is 2.56 bits per heavy atom. The maximum atomic E-state index is 12.8. The Hall–Kier alpha value is -2.91. The lowest BCUT2D eigenvalue weighted by atomic mass is 10.1. The van der Waals surface area contributed by atoms with Gasteiger partial charge in [0.05, 0.1) is 29.3 Å². The minimum absolute atomic E-state index is 0.00147. The third kappa shape index (κ3) is 5.86. The first-order valence-electron chi connectivity index (χ1n) is 10.5. The smallest absolute Gasteiger partial charge is 0.253 e. The Labute approximate surface area is 189 Å². The number of hydrogen-bond acceptors (Lipinski definition) is 5. The van der Waals surface area contributed by atoms with E-state index >= 15 is 0 Å². The fourth-order valence-corrected chi connectivity index (χ4v) is 4.51. The molecule has 32 heavy (non-hydrogen) atoms. The molecule has 0 aromatic heterocycles. The average molecular weight is 460 g/mol. The number of rotatable bonds is 8. The number of nitrogens with zero attached hydrogens (tertiary/aromatic N) is 1. The minimum Gasteiger partial charge on any atom is -0.376 e. The second-order valence-corrected chi connectivity index (χ2v) is 9.83. The summed E-state index contributed by atoms with van der Waals surface area (Å²) in [5.41, 5.74) is 2.77. The van der Waals surface area contributed by atoms with Crippen molar-refractivity contribution in [3.05, 3.63) is 59.2 Å². The van der Waals surface area contributed by atoms with Crippen molar-refractivity contribution in [2.24, 2.45) is 0 Å². The Morgan fingerprint density at radius 1 is 1.12 bits per heavy atom. The van der Waals surface area contributed by atoms with Crippen molar-refractivity contribution in [3.8, 4) is 0 Å². The lowest BCUT2D eigenvalue weighted by molar-refractivity contribution is -0.114. The summed E-state index contributed by atoms with van der Waals surface area (Å²) in [6, 6.07) is 11.9. The van der Waals surface area contributed by atoms with E-state index in [0.717, 1.165) is 34.5 Å². The van der Waals surface area contributed by atoms with Gasteiger partial charge in [-0.2, -0.15) is 0 Å². The number of ether oxygens (including phenoxy) is 1. The van der Waals surface area contributed by atoms with Crippen LogP contribution in [0.25, 0.3) is 0 Å². The molecule has 9 heteroatoms. The van der Waals surface area contributed by atoms with Gasteiger partial charge in [-0.25, -0.2) is 8.42 Å². The van der Waals surface area contributed by atoms with Crippen LogP contribution >= 0.6 is 0 Å². The molecule has 0 spiro atoms. The number of aryl methyl sites for hydroxylation is 1. The van der Waals surface area contributed by atoms with Crippen molar-refractivity contribution in [1.82, 2.24) is 5.32 Å². The minimum atomic E-state index is -3.71. The topological polar surface area (TPSA) is 105 Å². The molecule has 8 nitrogen and oxygen atoms in total. The molecule has 0 bridgehead atoms. The van der Waals surface area contributed by atoms with Gasteiger partial charge in [-0.3, -0.25) is 13.9 Å². The predicted octanol–water partition coefficient (Wildman–Crippen LogP) is 2.62. The number of benzene rings is 2. The highest BCUT2D eigenvalue weighted by atomic mass is 32.2. The molecule has 0 radical (unpaired) electrons. The van der Waals surface area contributed by atoms with Crippen LogP contribution in [0.15, 0.2) is 42.5 Å². The second-order valence-electron chi connectivity index (χ2n) is 7.93. The first-order chi connectivity index (χ1) is 15.2. The monoisotopic (exact) mass is 459 g/mol. The standard InChI is InChI=1S/C23H29N3O5S/c1-16-8-6-12-21(17(16)2)26(32(3,29)30)15-22(27)25-20-11-5-4-10-19(20)23(28)24-14-18-9-7-13-31-18/h4-6,8,10-12,18H,7,9,13-15H2,1-3H3,(H,24,28)(H,25,27)/t18-/m0/s1. The van der Waals surface area contributed by atoms with Crippen LogP contribution in [-0.4, -0.2) is 52.3 Å². The van der Waals surface area contributed by atoms with Crippen LogP contribution in [0.5, 0.6) is 0 Å². The molecule has 0 saturated carbocycles. The molecule has 1 aliphatic rings. The van der Waals surface area contributed by atoms with Gasteiger partial charge in [0.25, 0.3) is 5.91 Å². The van der Waals surface area contributed by atoms with Gasteiger partial charge in [-0.1, -0.05) is 24.3 Å². The van der Waals surface area contributed by atoms with E-state index in [-0.39, 0.29) is 12.0 Å². The predicted molar refractivity (Wildman–Crippen MR) is 124 cm³/mol. The van der Waals surface area contributed by atoms with Crippen molar-refractivity contribution < 1.29 is 22.7 Å². The molecule has 0 unspecified atom stereocenters. The van der Waals surface area contributed by atoms with Crippen LogP contribution in [0.3, 0.4) is 0 Å². The van der Waals surface area contributed by atoms with E-state index in [9.17, 15) is 18.0 Å². The lowest BCUT2D eigenvalue weighted by Crippen LogP contribution is -2.38. The molecule has 1 atom stereocenters.